The fourth-order valence-electron chi connectivity index (χ4n) is 5.47. The first-order chi connectivity index (χ1) is 14.1. The van der Waals surface area contributed by atoms with Gasteiger partial charge in [-0.05, 0) is 18.6 Å². The number of hydrogen-bond donors (Lipinski definition) is 0. The van der Waals surface area contributed by atoms with Crippen LogP contribution in [0.25, 0.3) is 6.08 Å². The number of hydrogen-bond acceptors (Lipinski definition) is 5. The van der Waals surface area contributed by atoms with Gasteiger partial charge in [-0.2, -0.15) is 0 Å². The minimum atomic E-state index is -0.790. The average molecular weight is 387 g/mol. The number of para-hydroxylation sites is 1. The Morgan fingerprint density at radius 3 is 2.72 bits per heavy atom. The first kappa shape index (κ1) is 17.1. The van der Waals surface area contributed by atoms with Crippen molar-refractivity contribution in [2.45, 2.75) is 31.4 Å². The summed E-state index contributed by atoms with van der Waals surface area (Å²) in [5, 5.41) is 0. The minimum Gasteiger partial charge on any atom is -0.353 e. The van der Waals surface area contributed by atoms with Crippen molar-refractivity contribution in [2.75, 3.05) is 11.5 Å². The monoisotopic (exact) mass is 387 g/mol. The Morgan fingerprint density at radius 2 is 1.90 bits per heavy atom. The first-order valence-corrected chi connectivity index (χ1v) is 10.1. The lowest BCUT2D eigenvalue weighted by Crippen LogP contribution is -2.48. The van der Waals surface area contributed by atoms with Crippen LogP contribution in [0.1, 0.15) is 21.5 Å². The molecule has 29 heavy (non-hydrogen) atoms. The van der Waals surface area contributed by atoms with Crippen LogP contribution in [0, 0.1) is 18.8 Å². The zero-order valence-electron chi connectivity index (χ0n) is 16.0. The van der Waals surface area contributed by atoms with E-state index in [-0.39, 0.29) is 35.5 Å². The topological polar surface area (TPSA) is 55.8 Å². The molecular weight excluding hydrogens is 366 g/mol. The number of nitrogens with zero attached hydrogens (tertiary/aromatic N) is 1. The maximum Gasteiger partial charge on any atom is 0.218 e. The summed E-state index contributed by atoms with van der Waals surface area (Å²) in [5.41, 5.74) is 3.85. The van der Waals surface area contributed by atoms with E-state index in [1.54, 1.807) is 0 Å². The molecule has 5 nitrogen and oxygen atoms in total. The third kappa shape index (κ3) is 2.35. The van der Waals surface area contributed by atoms with Crippen molar-refractivity contribution >= 4 is 23.3 Å². The molecule has 0 saturated carbocycles. The fraction of sp³-hybridized carbons (Fsp3) is 0.333. The second-order valence-corrected chi connectivity index (χ2v) is 8.34. The number of ether oxygens (including phenoxy) is 2. The highest BCUT2D eigenvalue weighted by Crippen LogP contribution is 2.50. The molecule has 146 valence electrons. The standard InChI is InChI=1S/C24H21NO4/c1-13-6-8-15(9-7-13)22(26)21-20-18-12-28-24(29-18)23(27)19(20)17-11-10-14-4-2-3-5-16(14)25(17)21/h2-11,17-21,24H,12H2,1H3/t17-,18?,19-,20+,21+,24?/m1/s1. The third-order valence-corrected chi connectivity index (χ3v) is 6.76. The van der Waals surface area contributed by atoms with Crippen molar-refractivity contribution in [3.05, 3.63) is 71.3 Å². The lowest BCUT2D eigenvalue weighted by Gasteiger charge is -2.35. The number of aryl methyl sites for hydroxylation is 1. The van der Waals surface area contributed by atoms with E-state index >= 15 is 0 Å². The predicted octanol–water partition coefficient (Wildman–Crippen LogP) is 3.02. The number of fused-ring (bicyclic) bond motifs is 8. The highest BCUT2D eigenvalue weighted by Gasteiger charge is 2.63. The normalized spacial score (nSPS) is 34.0. The van der Waals surface area contributed by atoms with E-state index in [0.717, 1.165) is 16.8 Å². The molecule has 4 aliphatic heterocycles. The first-order valence-electron chi connectivity index (χ1n) is 10.1. The number of ketones is 2. The summed E-state index contributed by atoms with van der Waals surface area (Å²) < 4.78 is 11.5. The van der Waals surface area contributed by atoms with E-state index in [0.29, 0.717) is 12.2 Å². The molecule has 4 heterocycles. The van der Waals surface area contributed by atoms with Gasteiger partial charge in [-0.1, -0.05) is 60.2 Å². The van der Waals surface area contributed by atoms with Crippen molar-refractivity contribution in [1.29, 1.82) is 0 Å². The van der Waals surface area contributed by atoms with Crippen molar-refractivity contribution < 1.29 is 19.1 Å². The Balaban J connectivity index is 1.52. The van der Waals surface area contributed by atoms with Crippen LogP contribution in [0.4, 0.5) is 5.69 Å². The molecule has 0 radical (unpaired) electrons. The molecule has 2 bridgehead atoms. The molecule has 0 spiro atoms. The van der Waals surface area contributed by atoms with Crippen LogP contribution in [0.5, 0.6) is 0 Å². The summed E-state index contributed by atoms with van der Waals surface area (Å²) >= 11 is 0. The van der Waals surface area contributed by atoms with E-state index in [4.69, 9.17) is 9.47 Å². The molecular formula is C24H21NO4. The second kappa shape index (κ2) is 6.12. The van der Waals surface area contributed by atoms with Crippen molar-refractivity contribution in [3.8, 4) is 0 Å². The zero-order valence-corrected chi connectivity index (χ0v) is 16.0. The van der Waals surface area contributed by atoms with Crippen molar-refractivity contribution in [1.82, 2.24) is 0 Å². The summed E-state index contributed by atoms with van der Waals surface area (Å²) in [6, 6.07) is 15.1. The van der Waals surface area contributed by atoms with E-state index < -0.39 is 12.3 Å². The summed E-state index contributed by atoms with van der Waals surface area (Å²) in [6.45, 7) is 2.37. The lowest BCUT2D eigenvalue weighted by atomic mass is 9.77. The van der Waals surface area contributed by atoms with E-state index in [1.165, 1.54) is 0 Å². The van der Waals surface area contributed by atoms with Crippen LogP contribution in [0.3, 0.4) is 0 Å². The molecule has 0 aliphatic carbocycles. The molecule has 4 aliphatic rings. The third-order valence-electron chi connectivity index (χ3n) is 6.76. The van der Waals surface area contributed by atoms with Gasteiger partial charge in [0, 0.05) is 17.2 Å². The van der Waals surface area contributed by atoms with Crippen LogP contribution >= 0.6 is 0 Å². The molecule has 0 aromatic heterocycles. The van der Waals surface area contributed by atoms with Gasteiger partial charge in [-0.25, -0.2) is 0 Å². The fourth-order valence-corrected chi connectivity index (χ4v) is 5.47. The Labute approximate surface area is 168 Å². The number of anilines is 1. The molecule has 5 heteroatoms. The maximum absolute atomic E-state index is 13.8. The van der Waals surface area contributed by atoms with Gasteiger partial charge in [0.05, 0.1) is 30.7 Å². The number of Topliss-reactive ketones (excluding diaryl/α,β-unsaturated/α-hetero) is 2. The Hall–Kier alpha value is -2.76. The van der Waals surface area contributed by atoms with Crippen LogP contribution in [0.15, 0.2) is 54.6 Å². The number of carbonyl (C=O) groups excluding carboxylic acids is 2. The Morgan fingerprint density at radius 1 is 1.10 bits per heavy atom. The van der Waals surface area contributed by atoms with E-state index in [2.05, 4.69) is 17.1 Å². The van der Waals surface area contributed by atoms with Gasteiger partial charge in [-0.3, -0.25) is 9.59 Å². The smallest absolute Gasteiger partial charge is 0.218 e. The number of carbonyl (C=O) groups is 2. The molecule has 2 unspecified atom stereocenters. The molecule has 6 rings (SSSR count). The van der Waals surface area contributed by atoms with Gasteiger partial charge in [-0.15, -0.1) is 0 Å². The van der Waals surface area contributed by atoms with Gasteiger partial charge >= 0.3 is 0 Å². The van der Waals surface area contributed by atoms with Crippen LogP contribution in [0.2, 0.25) is 0 Å². The van der Waals surface area contributed by atoms with Crippen molar-refractivity contribution in [3.63, 3.8) is 0 Å². The van der Waals surface area contributed by atoms with Crippen LogP contribution in [-0.2, 0) is 14.3 Å². The quantitative estimate of drug-likeness (QED) is 0.742. The molecule has 2 aromatic carbocycles. The highest BCUT2D eigenvalue weighted by molar-refractivity contribution is 6.05. The summed E-state index contributed by atoms with van der Waals surface area (Å²) in [4.78, 5) is 29.1. The number of rotatable bonds is 2. The van der Waals surface area contributed by atoms with Gasteiger partial charge in [0.15, 0.2) is 11.6 Å². The van der Waals surface area contributed by atoms with Gasteiger partial charge < -0.3 is 14.4 Å². The molecule has 0 N–H and O–H groups in total. The van der Waals surface area contributed by atoms with E-state index in [9.17, 15) is 9.59 Å². The SMILES string of the molecule is Cc1ccc(C(=O)[C@@H]2[C@H]3C4COC(O4)C(=O)[C@@H]3[C@H]3C=Cc4ccccc4N32)cc1. The lowest BCUT2D eigenvalue weighted by molar-refractivity contribution is -0.163. The Bertz CT molecular complexity index is 1040. The highest BCUT2D eigenvalue weighted by atomic mass is 16.7. The molecule has 0 amide bonds. The predicted molar refractivity (Wildman–Crippen MR) is 108 cm³/mol. The summed E-state index contributed by atoms with van der Waals surface area (Å²) in [5.74, 6) is -0.530. The van der Waals surface area contributed by atoms with Gasteiger partial charge in [0.2, 0.25) is 6.29 Å². The zero-order chi connectivity index (χ0) is 19.7. The number of benzene rings is 2. The second-order valence-electron chi connectivity index (χ2n) is 8.34. The average Bonchev–Trinajstić information content (AvgIpc) is 3.33. The van der Waals surface area contributed by atoms with Crippen LogP contribution < -0.4 is 4.90 Å². The minimum absolute atomic E-state index is 0.0364. The maximum atomic E-state index is 13.8. The largest absolute Gasteiger partial charge is 0.353 e. The van der Waals surface area contributed by atoms with Crippen LogP contribution in [-0.4, -0.2) is 42.7 Å². The molecule has 3 saturated heterocycles. The molecule has 6 atom stereocenters. The van der Waals surface area contributed by atoms with Crippen molar-refractivity contribution in [2.24, 2.45) is 11.8 Å². The summed E-state index contributed by atoms with van der Waals surface area (Å²) in [7, 11) is 0. The van der Waals surface area contributed by atoms with Gasteiger partial charge in [0.1, 0.15) is 0 Å². The van der Waals surface area contributed by atoms with E-state index in [1.807, 2.05) is 55.5 Å². The van der Waals surface area contributed by atoms with Gasteiger partial charge in [0.25, 0.3) is 0 Å². The molecule has 2 aromatic rings. The molecule has 3 fully saturated rings. The Kier molecular flexibility index (Phi) is 3.61. The summed E-state index contributed by atoms with van der Waals surface area (Å²) in [6.07, 6.45) is 3.11.